The van der Waals surface area contributed by atoms with Crippen LogP contribution in [0.1, 0.15) is 48.8 Å². The number of benzene rings is 1. The summed E-state index contributed by atoms with van der Waals surface area (Å²) in [6.45, 7) is 12.9. The standard InChI is InChI=1S/C24H29N3O2S/c1-7-18-12-10-11-15(4)21(18)27-16(5)13-19(17(27)6)14-20-22(28)25(8-2)24(30)26(9-3)23(20)29/h10-14H,7-9H2,1-6H3. The normalized spacial score (nSPS) is 14.7. The number of carbonyl (C=O) groups excluding carboxylic acids is 2. The smallest absolute Gasteiger partial charge is 0.265 e. The first-order chi connectivity index (χ1) is 14.3. The molecule has 2 aromatic rings. The zero-order chi connectivity index (χ0) is 22.2. The molecule has 1 aliphatic rings. The summed E-state index contributed by atoms with van der Waals surface area (Å²) in [5.74, 6) is -0.653. The van der Waals surface area contributed by atoms with Crippen molar-refractivity contribution in [2.75, 3.05) is 13.1 Å². The molecule has 1 aromatic heterocycles. The molecule has 2 heterocycles. The maximum atomic E-state index is 13.0. The molecule has 1 fully saturated rings. The number of hydrogen-bond donors (Lipinski definition) is 0. The van der Waals surface area contributed by atoms with Crippen molar-refractivity contribution in [3.05, 3.63) is 57.9 Å². The van der Waals surface area contributed by atoms with Crippen molar-refractivity contribution in [1.29, 1.82) is 0 Å². The summed E-state index contributed by atoms with van der Waals surface area (Å²) < 4.78 is 2.22. The van der Waals surface area contributed by atoms with Crippen LogP contribution in [0.5, 0.6) is 0 Å². The van der Waals surface area contributed by atoms with Gasteiger partial charge in [-0.25, -0.2) is 0 Å². The molecule has 0 N–H and O–H groups in total. The van der Waals surface area contributed by atoms with Crippen molar-refractivity contribution in [2.45, 2.75) is 48.0 Å². The lowest BCUT2D eigenvalue weighted by atomic mass is 10.0. The van der Waals surface area contributed by atoms with Gasteiger partial charge in [0, 0.05) is 24.5 Å². The first kappa shape index (κ1) is 22.0. The van der Waals surface area contributed by atoms with Crippen LogP contribution in [0.2, 0.25) is 0 Å². The summed E-state index contributed by atoms with van der Waals surface area (Å²) >= 11 is 5.35. The Labute approximate surface area is 184 Å². The maximum absolute atomic E-state index is 13.0. The third-order valence-electron chi connectivity index (χ3n) is 5.74. The van der Waals surface area contributed by atoms with Gasteiger partial charge in [0.05, 0.1) is 5.69 Å². The molecule has 0 aliphatic carbocycles. The van der Waals surface area contributed by atoms with E-state index in [1.54, 1.807) is 6.08 Å². The topological polar surface area (TPSA) is 45.6 Å². The minimum atomic E-state index is -0.327. The quantitative estimate of drug-likeness (QED) is 0.408. The van der Waals surface area contributed by atoms with Crippen molar-refractivity contribution < 1.29 is 9.59 Å². The minimum absolute atomic E-state index is 0.160. The number of nitrogens with zero attached hydrogens (tertiary/aromatic N) is 3. The largest absolute Gasteiger partial charge is 0.317 e. The fourth-order valence-corrected chi connectivity index (χ4v) is 4.57. The van der Waals surface area contributed by atoms with Crippen LogP contribution in [-0.2, 0) is 16.0 Å². The Morgan fingerprint density at radius 3 is 2.10 bits per heavy atom. The molecule has 5 nitrogen and oxygen atoms in total. The molecule has 0 bridgehead atoms. The van der Waals surface area contributed by atoms with Gasteiger partial charge in [-0.1, -0.05) is 25.1 Å². The van der Waals surface area contributed by atoms with E-state index in [0.29, 0.717) is 13.1 Å². The first-order valence-electron chi connectivity index (χ1n) is 10.4. The SMILES string of the molecule is CCc1cccc(C)c1-n1c(C)cc(C=C2C(=O)N(CC)C(=S)N(CC)C2=O)c1C. The molecule has 1 aliphatic heterocycles. The second-order valence-corrected chi connectivity index (χ2v) is 7.90. The third kappa shape index (κ3) is 3.49. The van der Waals surface area contributed by atoms with Gasteiger partial charge in [-0.05, 0) is 82.1 Å². The zero-order valence-corrected chi connectivity index (χ0v) is 19.4. The van der Waals surface area contributed by atoms with E-state index in [2.05, 4.69) is 43.5 Å². The molecule has 0 atom stereocenters. The van der Waals surface area contributed by atoms with Crippen LogP contribution in [0.25, 0.3) is 11.8 Å². The average molecular weight is 424 g/mol. The highest BCUT2D eigenvalue weighted by Gasteiger charge is 2.38. The Hall–Kier alpha value is -2.73. The number of hydrogen-bond acceptors (Lipinski definition) is 3. The lowest BCUT2D eigenvalue weighted by Gasteiger charge is -2.35. The van der Waals surface area contributed by atoms with Crippen LogP contribution in [0, 0.1) is 20.8 Å². The summed E-state index contributed by atoms with van der Waals surface area (Å²) in [5, 5.41) is 0.283. The third-order valence-corrected chi connectivity index (χ3v) is 6.18. The highest BCUT2D eigenvalue weighted by molar-refractivity contribution is 7.80. The van der Waals surface area contributed by atoms with Crippen LogP contribution in [0.4, 0.5) is 0 Å². The molecule has 0 saturated carbocycles. The maximum Gasteiger partial charge on any atom is 0.265 e. The van der Waals surface area contributed by atoms with Gasteiger partial charge in [-0.3, -0.25) is 19.4 Å². The van der Waals surface area contributed by atoms with Gasteiger partial charge < -0.3 is 4.57 Å². The van der Waals surface area contributed by atoms with Gasteiger partial charge >= 0.3 is 0 Å². The van der Waals surface area contributed by atoms with Gasteiger partial charge in [0.15, 0.2) is 5.11 Å². The van der Waals surface area contributed by atoms with Gasteiger partial charge in [0.25, 0.3) is 11.8 Å². The number of rotatable bonds is 5. The van der Waals surface area contributed by atoms with E-state index < -0.39 is 0 Å². The highest BCUT2D eigenvalue weighted by atomic mass is 32.1. The molecule has 0 spiro atoms. The summed E-state index contributed by atoms with van der Waals surface area (Å²) in [7, 11) is 0. The average Bonchev–Trinajstić information content (AvgIpc) is 2.99. The molecule has 0 unspecified atom stereocenters. The number of aryl methyl sites for hydroxylation is 3. The number of likely N-dealkylation sites (N-methyl/N-ethyl adjacent to an activating group) is 2. The highest BCUT2D eigenvalue weighted by Crippen LogP contribution is 2.29. The predicted molar refractivity (Wildman–Crippen MR) is 125 cm³/mol. The Bertz CT molecular complexity index is 1040. The van der Waals surface area contributed by atoms with Crippen molar-refractivity contribution in [3.63, 3.8) is 0 Å². The fraction of sp³-hybridized carbons (Fsp3) is 0.375. The molecule has 1 saturated heterocycles. The van der Waals surface area contributed by atoms with Gasteiger partial charge in [0.1, 0.15) is 5.57 Å². The molecule has 1 aromatic carbocycles. The first-order valence-corrected chi connectivity index (χ1v) is 10.8. The molecule has 158 valence electrons. The number of amides is 2. The summed E-state index contributed by atoms with van der Waals surface area (Å²) in [4.78, 5) is 28.9. The van der Waals surface area contributed by atoms with E-state index >= 15 is 0 Å². The molecular formula is C24H29N3O2S. The van der Waals surface area contributed by atoms with E-state index in [1.807, 2.05) is 26.8 Å². The van der Waals surface area contributed by atoms with Crippen molar-refractivity contribution in [2.24, 2.45) is 0 Å². The molecule has 2 amide bonds. The summed E-state index contributed by atoms with van der Waals surface area (Å²) in [6, 6.07) is 8.37. The Morgan fingerprint density at radius 2 is 1.57 bits per heavy atom. The number of thiocarbonyl (C=S) groups is 1. The molecule has 0 radical (unpaired) electrons. The molecule has 3 rings (SSSR count). The second-order valence-electron chi connectivity index (χ2n) is 7.54. The summed E-state index contributed by atoms with van der Waals surface area (Å²) in [5.41, 5.74) is 6.73. The van der Waals surface area contributed by atoms with Crippen molar-refractivity contribution in [3.8, 4) is 5.69 Å². The van der Waals surface area contributed by atoms with E-state index in [0.717, 1.165) is 23.4 Å². The monoisotopic (exact) mass is 423 g/mol. The van der Waals surface area contributed by atoms with Crippen molar-refractivity contribution >= 4 is 35.2 Å². The number of para-hydroxylation sites is 1. The van der Waals surface area contributed by atoms with Crippen LogP contribution in [0.15, 0.2) is 29.8 Å². The lowest BCUT2D eigenvalue weighted by Crippen LogP contribution is -2.55. The number of carbonyl (C=O) groups is 2. The fourth-order valence-electron chi connectivity index (χ4n) is 4.14. The van der Waals surface area contributed by atoms with E-state index in [-0.39, 0.29) is 22.5 Å². The van der Waals surface area contributed by atoms with Crippen LogP contribution in [0.3, 0.4) is 0 Å². The van der Waals surface area contributed by atoms with E-state index in [9.17, 15) is 9.59 Å². The Morgan fingerprint density at radius 1 is 0.967 bits per heavy atom. The lowest BCUT2D eigenvalue weighted by molar-refractivity contribution is -0.133. The van der Waals surface area contributed by atoms with E-state index in [4.69, 9.17) is 12.2 Å². The summed E-state index contributed by atoms with van der Waals surface area (Å²) in [6.07, 6.45) is 2.65. The number of aromatic nitrogens is 1. The van der Waals surface area contributed by atoms with E-state index in [1.165, 1.54) is 26.6 Å². The molecular weight excluding hydrogens is 394 g/mol. The minimum Gasteiger partial charge on any atom is -0.317 e. The van der Waals surface area contributed by atoms with Gasteiger partial charge in [0.2, 0.25) is 0 Å². The van der Waals surface area contributed by atoms with Crippen LogP contribution >= 0.6 is 12.2 Å². The van der Waals surface area contributed by atoms with Crippen LogP contribution in [-0.4, -0.2) is 44.4 Å². The van der Waals surface area contributed by atoms with Crippen molar-refractivity contribution in [1.82, 2.24) is 14.4 Å². The predicted octanol–water partition coefficient (Wildman–Crippen LogP) is 4.34. The Kier molecular flexibility index (Phi) is 6.27. The zero-order valence-electron chi connectivity index (χ0n) is 18.6. The molecule has 6 heteroatoms. The van der Waals surface area contributed by atoms with Crippen LogP contribution < -0.4 is 0 Å². The van der Waals surface area contributed by atoms with Gasteiger partial charge in [-0.15, -0.1) is 0 Å². The Balaban J connectivity index is 2.16. The molecule has 30 heavy (non-hydrogen) atoms. The second kappa shape index (κ2) is 8.56. The van der Waals surface area contributed by atoms with Gasteiger partial charge in [-0.2, -0.15) is 0 Å².